The molecule has 2 aliphatic heterocycles. The molecule has 0 fully saturated rings. The molecule has 0 saturated carbocycles. The summed E-state index contributed by atoms with van der Waals surface area (Å²) >= 11 is 0. The maximum Gasteiger partial charge on any atom is 0.209 e. The van der Waals surface area contributed by atoms with Crippen molar-refractivity contribution in [2.45, 2.75) is 37.5 Å². The van der Waals surface area contributed by atoms with Gasteiger partial charge >= 0.3 is 0 Å². The summed E-state index contributed by atoms with van der Waals surface area (Å²) in [5.41, 5.74) is 10.5. The minimum atomic E-state index is -0.100. The van der Waals surface area contributed by atoms with Gasteiger partial charge in [-0.25, -0.2) is 0 Å². The molecule has 0 spiro atoms. The zero-order chi connectivity index (χ0) is 28.5. The zero-order valence-corrected chi connectivity index (χ0v) is 27.1. The highest BCUT2D eigenvalue weighted by atomic mass is 127. The van der Waals surface area contributed by atoms with Crippen LogP contribution < -0.4 is 28.9 Å². The molecule has 4 aromatic rings. The average molecular weight is 663 g/mol. The van der Waals surface area contributed by atoms with Crippen molar-refractivity contribution in [2.24, 2.45) is 0 Å². The van der Waals surface area contributed by atoms with E-state index >= 15 is 0 Å². The van der Waals surface area contributed by atoms with E-state index in [1.54, 1.807) is 0 Å². The SMILES string of the molecule is CN1C(=CC=CC=CC2=[N+](C)c3ccccc3C2(C)Cc2ccccc2)C(C)(Cc2ccccc2)c2ccccc21.[I-]. The second-order valence-electron chi connectivity index (χ2n) is 11.8. The summed E-state index contributed by atoms with van der Waals surface area (Å²) in [4.78, 5) is 2.36. The molecule has 3 heteroatoms. The molecule has 0 radical (unpaired) electrons. The molecule has 0 saturated heterocycles. The topological polar surface area (TPSA) is 6.25 Å². The van der Waals surface area contributed by atoms with Crippen molar-refractivity contribution in [1.29, 1.82) is 0 Å². The Morgan fingerprint density at radius 3 is 1.86 bits per heavy atom. The standard InChI is InChI=1S/C39H39N2.HI/c1-38(28-30-18-8-5-9-19-30)32-22-14-16-24-34(32)40(3)36(38)26-12-7-13-27-37-39(2,29-31-20-10-6-11-21-31)33-23-15-17-25-35(33)41(37)4;/h5-27H,28-29H2,1-4H3;1H/q+1;/p-1. The minimum absolute atomic E-state index is 0. The van der Waals surface area contributed by atoms with Gasteiger partial charge in [-0.1, -0.05) is 115 Å². The van der Waals surface area contributed by atoms with Gasteiger partial charge < -0.3 is 28.9 Å². The van der Waals surface area contributed by atoms with Crippen LogP contribution in [0.4, 0.5) is 11.4 Å². The molecule has 0 amide bonds. The Morgan fingerprint density at radius 1 is 0.643 bits per heavy atom. The molecule has 0 aliphatic carbocycles. The van der Waals surface area contributed by atoms with Crippen molar-refractivity contribution in [2.75, 3.05) is 19.0 Å². The molecule has 0 N–H and O–H groups in total. The summed E-state index contributed by atoms with van der Waals surface area (Å²) in [6, 6.07) is 39.3. The van der Waals surface area contributed by atoms with Gasteiger partial charge in [-0.3, -0.25) is 0 Å². The van der Waals surface area contributed by atoms with Crippen LogP contribution >= 0.6 is 0 Å². The summed E-state index contributed by atoms with van der Waals surface area (Å²) in [7, 11) is 4.39. The molecule has 4 aromatic carbocycles. The molecule has 0 bridgehead atoms. The van der Waals surface area contributed by atoms with Crippen LogP contribution in [-0.2, 0) is 23.7 Å². The molecule has 6 rings (SSSR count). The maximum absolute atomic E-state index is 2.38. The van der Waals surface area contributed by atoms with E-state index < -0.39 is 0 Å². The first kappa shape index (κ1) is 29.8. The monoisotopic (exact) mass is 662 g/mol. The first-order valence-corrected chi connectivity index (χ1v) is 14.6. The van der Waals surface area contributed by atoms with Crippen molar-refractivity contribution < 1.29 is 28.6 Å². The number of anilines is 1. The number of hydrogen-bond acceptors (Lipinski definition) is 1. The Labute approximate surface area is 268 Å². The van der Waals surface area contributed by atoms with Gasteiger partial charge in [0.2, 0.25) is 5.69 Å². The van der Waals surface area contributed by atoms with E-state index in [0.717, 1.165) is 12.8 Å². The Hall–Kier alpha value is -3.70. The predicted molar refractivity (Wildman–Crippen MR) is 173 cm³/mol. The van der Waals surface area contributed by atoms with Gasteiger partial charge in [0, 0.05) is 41.6 Å². The van der Waals surface area contributed by atoms with Crippen LogP contribution in [0.25, 0.3) is 0 Å². The lowest BCUT2D eigenvalue weighted by Crippen LogP contribution is -3.00. The number of hydrogen-bond donors (Lipinski definition) is 0. The van der Waals surface area contributed by atoms with Gasteiger partial charge in [0.25, 0.3) is 0 Å². The summed E-state index contributed by atoms with van der Waals surface area (Å²) in [6.45, 7) is 4.76. The lowest BCUT2D eigenvalue weighted by molar-refractivity contribution is -0.401. The van der Waals surface area contributed by atoms with Crippen molar-refractivity contribution in [3.05, 3.63) is 168 Å². The van der Waals surface area contributed by atoms with Crippen LogP contribution in [0.2, 0.25) is 0 Å². The summed E-state index contributed by atoms with van der Waals surface area (Å²) in [5, 5.41) is 0. The van der Waals surface area contributed by atoms with E-state index in [4.69, 9.17) is 0 Å². The van der Waals surface area contributed by atoms with E-state index in [1.165, 1.54) is 45.0 Å². The Kier molecular flexibility index (Phi) is 8.70. The summed E-state index contributed by atoms with van der Waals surface area (Å²) < 4.78 is 2.36. The van der Waals surface area contributed by atoms with E-state index in [1.807, 2.05) is 0 Å². The Morgan fingerprint density at radius 2 is 1.19 bits per heavy atom. The Balaban J connectivity index is 0.00000353. The number of halogens is 1. The van der Waals surface area contributed by atoms with Crippen molar-refractivity contribution >= 4 is 17.1 Å². The average Bonchev–Trinajstić information content (AvgIpc) is 3.33. The van der Waals surface area contributed by atoms with Crippen molar-refractivity contribution in [3.63, 3.8) is 0 Å². The zero-order valence-electron chi connectivity index (χ0n) is 25.0. The normalized spacial score (nSPS) is 22.2. The smallest absolute Gasteiger partial charge is 0.209 e. The number of benzene rings is 4. The highest BCUT2D eigenvalue weighted by Gasteiger charge is 2.46. The number of para-hydroxylation sites is 2. The first-order valence-electron chi connectivity index (χ1n) is 14.6. The molecular formula is C39H39IN2. The number of rotatable bonds is 7. The van der Waals surface area contributed by atoms with E-state index in [0.29, 0.717) is 0 Å². The molecule has 42 heavy (non-hydrogen) atoms. The lowest BCUT2D eigenvalue weighted by atomic mass is 9.74. The van der Waals surface area contributed by atoms with Crippen LogP contribution in [0.5, 0.6) is 0 Å². The van der Waals surface area contributed by atoms with Gasteiger partial charge in [-0.15, -0.1) is 0 Å². The van der Waals surface area contributed by atoms with Gasteiger partial charge in [0.1, 0.15) is 7.05 Å². The van der Waals surface area contributed by atoms with Crippen LogP contribution in [-0.4, -0.2) is 24.4 Å². The second-order valence-corrected chi connectivity index (χ2v) is 11.8. The third kappa shape index (κ3) is 5.31. The third-order valence-corrected chi connectivity index (χ3v) is 9.10. The number of nitrogens with zero attached hydrogens (tertiary/aromatic N) is 2. The molecule has 2 heterocycles. The quantitative estimate of drug-likeness (QED) is 0.143. The molecule has 2 unspecified atom stereocenters. The molecule has 2 aliphatic rings. The van der Waals surface area contributed by atoms with E-state index in [2.05, 4.69) is 177 Å². The molecule has 2 atom stereocenters. The van der Waals surface area contributed by atoms with Gasteiger partial charge in [-0.05, 0) is 55.5 Å². The number of likely N-dealkylation sites (N-methyl/N-ethyl adjacent to an activating group) is 1. The first-order chi connectivity index (χ1) is 19.9. The highest BCUT2D eigenvalue weighted by molar-refractivity contribution is 6.03. The lowest BCUT2D eigenvalue weighted by Gasteiger charge is -2.29. The second kappa shape index (κ2) is 12.3. The van der Waals surface area contributed by atoms with Crippen LogP contribution in [0.1, 0.15) is 36.1 Å². The van der Waals surface area contributed by atoms with Crippen LogP contribution in [0, 0.1) is 0 Å². The molecule has 2 nitrogen and oxygen atoms in total. The van der Waals surface area contributed by atoms with E-state index in [9.17, 15) is 0 Å². The fourth-order valence-corrected chi connectivity index (χ4v) is 7.07. The van der Waals surface area contributed by atoms with E-state index in [-0.39, 0.29) is 34.8 Å². The molecule has 0 aromatic heterocycles. The third-order valence-electron chi connectivity index (χ3n) is 9.10. The summed E-state index contributed by atoms with van der Waals surface area (Å²) in [5.74, 6) is 0. The van der Waals surface area contributed by atoms with Gasteiger partial charge in [0.15, 0.2) is 5.71 Å². The maximum atomic E-state index is 2.38. The highest BCUT2D eigenvalue weighted by Crippen LogP contribution is 2.49. The van der Waals surface area contributed by atoms with Gasteiger partial charge in [0.05, 0.1) is 5.41 Å². The fraction of sp³-hybridized carbons (Fsp3) is 0.205. The number of allylic oxidation sites excluding steroid dienone is 6. The van der Waals surface area contributed by atoms with Gasteiger partial charge in [-0.2, -0.15) is 4.58 Å². The minimum Gasteiger partial charge on any atom is -1.00 e. The predicted octanol–water partition coefficient (Wildman–Crippen LogP) is 5.57. The summed E-state index contributed by atoms with van der Waals surface area (Å²) in [6.07, 6.45) is 13.1. The molecule has 212 valence electrons. The van der Waals surface area contributed by atoms with Crippen LogP contribution in [0.3, 0.4) is 0 Å². The number of fused-ring (bicyclic) bond motifs is 2. The van der Waals surface area contributed by atoms with Crippen molar-refractivity contribution in [3.8, 4) is 0 Å². The molecular weight excluding hydrogens is 623 g/mol. The Bertz CT molecular complexity index is 1680. The van der Waals surface area contributed by atoms with Crippen molar-refractivity contribution in [1.82, 2.24) is 0 Å². The fourth-order valence-electron chi connectivity index (χ4n) is 7.07. The largest absolute Gasteiger partial charge is 1.00 e. The van der Waals surface area contributed by atoms with Crippen LogP contribution in [0.15, 0.2) is 145 Å².